The Labute approximate surface area is 125 Å². The van der Waals surface area contributed by atoms with Gasteiger partial charge in [-0.3, -0.25) is 0 Å². The highest BCUT2D eigenvalue weighted by Gasteiger charge is 2.61. The summed E-state index contributed by atoms with van der Waals surface area (Å²) in [5.41, 5.74) is 0. The van der Waals surface area contributed by atoms with E-state index < -0.39 is 62.0 Å². The van der Waals surface area contributed by atoms with E-state index in [1.54, 1.807) is 0 Å². The molecule has 0 aromatic carbocycles. The first kappa shape index (κ1) is 18.7. The van der Waals surface area contributed by atoms with E-state index in [0.717, 1.165) is 0 Å². The highest BCUT2D eigenvalue weighted by Crippen LogP contribution is 2.43. The SMILES string of the molecule is FC(F)(COCC(F)(F)C(F)(F)CC1CO1)C(F)(F)CC1CO1. The van der Waals surface area contributed by atoms with Crippen molar-refractivity contribution < 1.29 is 49.3 Å². The summed E-state index contributed by atoms with van der Waals surface area (Å²) in [5.74, 6) is -18.6. The second kappa shape index (κ2) is 5.99. The molecule has 2 aliphatic heterocycles. The van der Waals surface area contributed by atoms with Crippen molar-refractivity contribution in [3.05, 3.63) is 0 Å². The Kier molecular flexibility index (Phi) is 4.86. The minimum atomic E-state index is -4.77. The second-order valence-electron chi connectivity index (χ2n) is 5.63. The molecule has 23 heavy (non-hydrogen) atoms. The lowest BCUT2D eigenvalue weighted by atomic mass is 10.1. The Morgan fingerprint density at radius 2 is 0.957 bits per heavy atom. The van der Waals surface area contributed by atoms with Crippen molar-refractivity contribution in [2.45, 2.75) is 48.7 Å². The van der Waals surface area contributed by atoms with Gasteiger partial charge in [0.25, 0.3) is 0 Å². The Bertz CT molecular complexity index is 383. The first-order chi connectivity index (χ1) is 10.4. The van der Waals surface area contributed by atoms with E-state index >= 15 is 0 Å². The van der Waals surface area contributed by atoms with Crippen molar-refractivity contribution in [1.29, 1.82) is 0 Å². The van der Waals surface area contributed by atoms with Crippen LogP contribution in [-0.2, 0) is 14.2 Å². The van der Waals surface area contributed by atoms with Gasteiger partial charge in [0.15, 0.2) is 0 Å². The number of alkyl halides is 8. The van der Waals surface area contributed by atoms with E-state index in [1.807, 2.05) is 0 Å². The predicted octanol–water partition coefficient (Wildman–Crippen LogP) is 3.12. The first-order valence-electron chi connectivity index (χ1n) is 6.69. The summed E-state index contributed by atoms with van der Waals surface area (Å²) in [7, 11) is 0. The van der Waals surface area contributed by atoms with Gasteiger partial charge < -0.3 is 14.2 Å². The maximum atomic E-state index is 13.3. The molecular weight excluding hydrogens is 344 g/mol. The molecule has 0 aromatic rings. The van der Waals surface area contributed by atoms with Gasteiger partial charge in [-0.1, -0.05) is 0 Å². The van der Waals surface area contributed by atoms with Crippen LogP contribution in [0.25, 0.3) is 0 Å². The Hall–Kier alpha value is -0.680. The minimum Gasteiger partial charge on any atom is -0.373 e. The van der Waals surface area contributed by atoms with Crippen LogP contribution in [0.2, 0.25) is 0 Å². The summed E-state index contributed by atoms with van der Waals surface area (Å²) < 4.78 is 119. The van der Waals surface area contributed by atoms with E-state index in [9.17, 15) is 35.1 Å². The molecule has 2 saturated heterocycles. The van der Waals surface area contributed by atoms with Crippen molar-refractivity contribution >= 4 is 0 Å². The molecule has 136 valence electrons. The van der Waals surface area contributed by atoms with Crippen LogP contribution in [0.5, 0.6) is 0 Å². The molecule has 2 rings (SSSR count). The highest BCUT2D eigenvalue weighted by molar-refractivity contribution is 4.92. The quantitative estimate of drug-likeness (QED) is 0.445. The van der Waals surface area contributed by atoms with Gasteiger partial charge in [0.1, 0.15) is 13.2 Å². The van der Waals surface area contributed by atoms with Crippen LogP contribution in [0.1, 0.15) is 12.8 Å². The maximum absolute atomic E-state index is 13.3. The van der Waals surface area contributed by atoms with E-state index in [4.69, 9.17) is 0 Å². The first-order valence-corrected chi connectivity index (χ1v) is 6.69. The average molecular weight is 358 g/mol. The third-order valence-electron chi connectivity index (χ3n) is 3.41. The smallest absolute Gasteiger partial charge is 0.332 e. The lowest BCUT2D eigenvalue weighted by Crippen LogP contribution is -2.49. The van der Waals surface area contributed by atoms with E-state index in [-0.39, 0.29) is 13.2 Å². The molecule has 0 spiro atoms. The zero-order valence-electron chi connectivity index (χ0n) is 11.6. The fourth-order valence-electron chi connectivity index (χ4n) is 1.76. The third kappa shape index (κ3) is 4.66. The molecule has 11 heteroatoms. The molecule has 0 aromatic heterocycles. The van der Waals surface area contributed by atoms with Crippen LogP contribution in [0.15, 0.2) is 0 Å². The molecule has 0 amide bonds. The van der Waals surface area contributed by atoms with Crippen LogP contribution < -0.4 is 0 Å². The van der Waals surface area contributed by atoms with Crippen molar-refractivity contribution in [2.75, 3.05) is 26.4 Å². The molecule has 0 bridgehead atoms. The molecule has 2 unspecified atom stereocenters. The van der Waals surface area contributed by atoms with Gasteiger partial charge in [-0.15, -0.1) is 0 Å². The van der Waals surface area contributed by atoms with Crippen LogP contribution in [0, 0.1) is 0 Å². The molecule has 2 aliphatic rings. The zero-order chi connectivity index (χ0) is 17.5. The number of rotatable bonds is 10. The molecule has 2 fully saturated rings. The van der Waals surface area contributed by atoms with Crippen molar-refractivity contribution in [2.24, 2.45) is 0 Å². The minimum absolute atomic E-state index is 0.0972. The lowest BCUT2D eigenvalue weighted by molar-refractivity contribution is -0.267. The third-order valence-corrected chi connectivity index (χ3v) is 3.41. The fraction of sp³-hybridized carbons (Fsp3) is 1.00. The molecule has 0 saturated carbocycles. The summed E-state index contributed by atoms with van der Waals surface area (Å²) in [6.45, 7) is -4.39. The van der Waals surface area contributed by atoms with Crippen molar-refractivity contribution in [3.8, 4) is 0 Å². The van der Waals surface area contributed by atoms with Crippen molar-refractivity contribution in [1.82, 2.24) is 0 Å². The standard InChI is InChI=1S/C12H14F8O3/c13-9(14,1-7-3-22-7)11(17,18)5-21-6-12(19,20)10(15,16)2-8-4-23-8/h7-8H,1-6H2. The summed E-state index contributed by atoms with van der Waals surface area (Å²) in [6.07, 6.45) is -4.65. The van der Waals surface area contributed by atoms with Gasteiger partial charge in [-0.25, -0.2) is 0 Å². The number of halogens is 8. The lowest BCUT2D eigenvalue weighted by Gasteiger charge is -2.29. The molecule has 0 aliphatic carbocycles. The zero-order valence-corrected chi connectivity index (χ0v) is 11.6. The summed E-state index contributed by atoms with van der Waals surface area (Å²) in [4.78, 5) is 0. The maximum Gasteiger partial charge on any atom is 0.332 e. The summed E-state index contributed by atoms with van der Waals surface area (Å²) in [6, 6.07) is 0. The molecule has 0 radical (unpaired) electrons. The number of epoxide rings is 2. The van der Waals surface area contributed by atoms with Crippen LogP contribution in [-0.4, -0.2) is 62.3 Å². The summed E-state index contributed by atoms with van der Waals surface area (Å²) >= 11 is 0. The molecule has 0 N–H and O–H groups in total. The second-order valence-corrected chi connectivity index (χ2v) is 5.63. The van der Waals surface area contributed by atoms with Crippen LogP contribution in [0.3, 0.4) is 0 Å². The molecule has 2 atom stereocenters. The van der Waals surface area contributed by atoms with Gasteiger partial charge in [0.2, 0.25) is 0 Å². The van der Waals surface area contributed by atoms with Gasteiger partial charge in [-0.2, -0.15) is 35.1 Å². The van der Waals surface area contributed by atoms with Gasteiger partial charge in [-0.05, 0) is 0 Å². The number of hydrogen-bond acceptors (Lipinski definition) is 3. The number of hydrogen-bond donors (Lipinski definition) is 0. The Morgan fingerprint density at radius 3 is 1.22 bits per heavy atom. The topological polar surface area (TPSA) is 34.3 Å². The largest absolute Gasteiger partial charge is 0.373 e. The van der Waals surface area contributed by atoms with E-state index in [2.05, 4.69) is 14.2 Å². The van der Waals surface area contributed by atoms with Crippen LogP contribution in [0.4, 0.5) is 35.1 Å². The summed E-state index contributed by atoms with van der Waals surface area (Å²) in [5, 5.41) is 0. The normalized spacial score (nSPS) is 25.6. The van der Waals surface area contributed by atoms with Gasteiger partial charge in [0.05, 0.1) is 25.4 Å². The Morgan fingerprint density at radius 1 is 0.652 bits per heavy atom. The predicted molar refractivity (Wildman–Crippen MR) is 59.3 cm³/mol. The van der Waals surface area contributed by atoms with E-state index in [1.165, 1.54) is 0 Å². The van der Waals surface area contributed by atoms with Crippen molar-refractivity contribution in [3.63, 3.8) is 0 Å². The molecular formula is C12H14F8O3. The highest BCUT2D eigenvalue weighted by atomic mass is 19.3. The monoisotopic (exact) mass is 358 g/mol. The fourth-order valence-corrected chi connectivity index (χ4v) is 1.76. The van der Waals surface area contributed by atoms with Crippen LogP contribution >= 0.6 is 0 Å². The Balaban J connectivity index is 1.83. The molecule has 2 heterocycles. The van der Waals surface area contributed by atoms with E-state index in [0.29, 0.717) is 0 Å². The average Bonchev–Trinajstić information content (AvgIpc) is 3.24. The molecule has 3 nitrogen and oxygen atoms in total. The van der Waals surface area contributed by atoms with Gasteiger partial charge >= 0.3 is 23.7 Å². The number of ether oxygens (including phenoxy) is 3. The van der Waals surface area contributed by atoms with Gasteiger partial charge in [0, 0.05) is 12.8 Å².